The number of ether oxygens (including phenoxy) is 1. The Morgan fingerprint density at radius 3 is 1.36 bits per heavy atom. The van der Waals surface area contributed by atoms with Gasteiger partial charge in [0.15, 0.2) is 0 Å². The first-order valence-corrected chi connectivity index (χ1v) is 22.7. The number of Topliss-reactive ketones (excluding diaryl/α,β-unsaturated/α-hetero) is 1. The molecule has 0 saturated heterocycles. The van der Waals surface area contributed by atoms with Crippen molar-refractivity contribution in [3.05, 3.63) is 0 Å². The number of amides is 4. The molecular formula is C45H82N4O9. The van der Waals surface area contributed by atoms with E-state index in [4.69, 9.17) is 4.74 Å². The zero-order valence-corrected chi connectivity index (χ0v) is 37.2. The molecule has 0 saturated carbocycles. The number of carbonyl (C=O) groups is 7. The number of unbranched alkanes of at least 4 members (excludes halogenated alkanes) is 17. The van der Waals surface area contributed by atoms with Crippen molar-refractivity contribution in [1.29, 1.82) is 0 Å². The van der Waals surface area contributed by atoms with Gasteiger partial charge in [-0.2, -0.15) is 0 Å². The summed E-state index contributed by atoms with van der Waals surface area (Å²) >= 11 is 0. The van der Waals surface area contributed by atoms with E-state index in [1.807, 2.05) is 0 Å². The molecule has 0 spiro atoms. The van der Waals surface area contributed by atoms with E-state index in [0.717, 1.165) is 44.9 Å². The highest BCUT2D eigenvalue weighted by Crippen LogP contribution is 2.14. The Balaban J connectivity index is 5.03. The SMILES string of the molecule is CCCCCCCCCCCC(=O)NC(CCC(C)=O)C(=O)NCCCCC(NC(=O)C(CCC(=O)OC(C)(C)C)NC(=O)CCCCCCCCCCC)C(=O)O. The number of aliphatic carboxylic acids is 1. The Bertz CT molecular complexity index is 1190. The molecule has 0 aliphatic rings. The minimum atomic E-state index is -1.26. The number of carboxylic acids is 1. The van der Waals surface area contributed by atoms with Crippen LogP contribution < -0.4 is 21.3 Å². The van der Waals surface area contributed by atoms with E-state index in [2.05, 4.69) is 35.1 Å². The van der Waals surface area contributed by atoms with Crippen LogP contribution in [0.3, 0.4) is 0 Å². The lowest BCUT2D eigenvalue weighted by molar-refractivity contribution is -0.155. The Hall–Kier alpha value is -3.51. The van der Waals surface area contributed by atoms with Gasteiger partial charge in [-0.25, -0.2) is 4.79 Å². The average molecular weight is 823 g/mol. The largest absolute Gasteiger partial charge is 0.480 e. The monoisotopic (exact) mass is 823 g/mol. The number of carbonyl (C=O) groups excluding carboxylic acids is 6. The summed E-state index contributed by atoms with van der Waals surface area (Å²) in [5.41, 5.74) is -0.724. The molecule has 0 aromatic rings. The molecule has 5 N–H and O–H groups in total. The van der Waals surface area contributed by atoms with Crippen molar-refractivity contribution in [2.45, 2.75) is 239 Å². The normalized spacial score (nSPS) is 12.9. The topological polar surface area (TPSA) is 197 Å². The molecule has 0 bridgehead atoms. The molecule has 0 aromatic heterocycles. The molecule has 3 atom stereocenters. The molecule has 336 valence electrons. The number of carboxylic acid groups (broad SMARTS) is 1. The summed E-state index contributed by atoms with van der Waals surface area (Å²) in [6, 6.07) is -3.23. The van der Waals surface area contributed by atoms with Crippen LogP contribution in [0.15, 0.2) is 0 Å². The van der Waals surface area contributed by atoms with Crippen molar-refractivity contribution >= 4 is 41.4 Å². The lowest BCUT2D eigenvalue weighted by Gasteiger charge is -2.23. The summed E-state index contributed by atoms with van der Waals surface area (Å²) < 4.78 is 5.37. The number of hydrogen-bond acceptors (Lipinski definition) is 8. The van der Waals surface area contributed by atoms with Crippen molar-refractivity contribution in [3.8, 4) is 0 Å². The van der Waals surface area contributed by atoms with Gasteiger partial charge in [-0.3, -0.25) is 24.0 Å². The standard InChI is InChI=1S/C45H82N4O9/c1-7-9-11-13-15-17-19-21-23-28-39(51)47-36(31-30-35(3)50)42(54)46-34-26-25-27-38(44(56)57)49-43(55)37(32-33-41(53)58-45(4,5)6)48-40(52)29-24-22-20-18-16-14-12-10-8-2/h36-38H,7-34H2,1-6H3,(H,46,54)(H,47,51)(H,48,52)(H,49,55)(H,56,57). The van der Waals surface area contributed by atoms with Crippen molar-refractivity contribution in [2.24, 2.45) is 0 Å². The van der Waals surface area contributed by atoms with Gasteiger partial charge in [0.1, 0.15) is 29.5 Å². The summed E-state index contributed by atoms with van der Waals surface area (Å²) in [5, 5.41) is 20.7. The fourth-order valence-electron chi connectivity index (χ4n) is 6.60. The van der Waals surface area contributed by atoms with Gasteiger partial charge < -0.3 is 35.9 Å². The number of hydrogen-bond donors (Lipinski definition) is 5. The number of rotatable bonds is 37. The molecular weight excluding hydrogens is 741 g/mol. The summed E-state index contributed by atoms with van der Waals surface area (Å²) in [6.07, 6.45) is 21.4. The Morgan fingerprint density at radius 2 is 0.931 bits per heavy atom. The fourth-order valence-corrected chi connectivity index (χ4v) is 6.60. The molecule has 0 aliphatic heterocycles. The molecule has 0 fully saturated rings. The van der Waals surface area contributed by atoms with Gasteiger partial charge in [0.25, 0.3) is 0 Å². The van der Waals surface area contributed by atoms with Gasteiger partial charge in [-0.1, -0.05) is 117 Å². The number of ketones is 1. The Labute approximate surface area is 350 Å². The first kappa shape index (κ1) is 54.5. The molecule has 58 heavy (non-hydrogen) atoms. The first-order chi connectivity index (χ1) is 27.6. The minimum Gasteiger partial charge on any atom is -0.480 e. The highest BCUT2D eigenvalue weighted by Gasteiger charge is 2.28. The van der Waals surface area contributed by atoms with Crippen LogP contribution in [-0.2, 0) is 38.3 Å². The van der Waals surface area contributed by atoms with Crippen LogP contribution in [0, 0.1) is 0 Å². The summed E-state index contributed by atoms with van der Waals surface area (Å²) in [5.74, 6) is -3.53. The minimum absolute atomic E-state index is 0.0524. The lowest BCUT2D eigenvalue weighted by Crippen LogP contribution is -2.51. The zero-order valence-electron chi connectivity index (χ0n) is 37.2. The average Bonchev–Trinajstić information content (AvgIpc) is 3.15. The molecule has 0 radical (unpaired) electrons. The smallest absolute Gasteiger partial charge is 0.326 e. The van der Waals surface area contributed by atoms with Crippen LogP contribution in [0.25, 0.3) is 0 Å². The quantitative estimate of drug-likeness (QED) is 0.0303. The van der Waals surface area contributed by atoms with Crippen molar-refractivity contribution in [1.82, 2.24) is 21.3 Å². The maximum absolute atomic E-state index is 13.4. The van der Waals surface area contributed by atoms with Crippen LogP contribution >= 0.6 is 0 Å². The van der Waals surface area contributed by atoms with Crippen molar-refractivity contribution in [3.63, 3.8) is 0 Å². The van der Waals surface area contributed by atoms with E-state index in [-0.39, 0.29) is 62.7 Å². The van der Waals surface area contributed by atoms with Gasteiger partial charge in [0.2, 0.25) is 23.6 Å². The second kappa shape index (κ2) is 34.4. The molecule has 3 unspecified atom stereocenters. The van der Waals surface area contributed by atoms with Crippen molar-refractivity contribution in [2.75, 3.05) is 6.54 Å². The number of esters is 1. The third kappa shape index (κ3) is 32.4. The van der Waals surface area contributed by atoms with Crippen LogP contribution in [0.4, 0.5) is 0 Å². The van der Waals surface area contributed by atoms with E-state index in [1.165, 1.54) is 71.1 Å². The van der Waals surface area contributed by atoms with E-state index < -0.39 is 47.5 Å². The first-order valence-electron chi connectivity index (χ1n) is 22.7. The lowest BCUT2D eigenvalue weighted by atomic mass is 10.0. The van der Waals surface area contributed by atoms with Crippen LogP contribution in [0.1, 0.15) is 215 Å². The maximum Gasteiger partial charge on any atom is 0.326 e. The molecule has 0 aromatic carbocycles. The van der Waals surface area contributed by atoms with Crippen molar-refractivity contribution < 1.29 is 43.4 Å². The Morgan fingerprint density at radius 1 is 0.500 bits per heavy atom. The molecule has 0 heterocycles. The van der Waals surface area contributed by atoms with Crippen LogP contribution in [0.2, 0.25) is 0 Å². The highest BCUT2D eigenvalue weighted by atomic mass is 16.6. The van der Waals surface area contributed by atoms with E-state index in [9.17, 15) is 38.7 Å². The second-order valence-corrected chi connectivity index (χ2v) is 16.9. The molecule has 13 heteroatoms. The van der Waals surface area contributed by atoms with Gasteiger partial charge in [-0.15, -0.1) is 0 Å². The molecule has 0 rings (SSSR count). The predicted octanol–water partition coefficient (Wildman–Crippen LogP) is 8.14. The van der Waals surface area contributed by atoms with Gasteiger partial charge in [-0.05, 0) is 72.6 Å². The third-order valence-corrected chi connectivity index (χ3v) is 9.99. The zero-order chi connectivity index (χ0) is 43.6. The number of nitrogens with one attached hydrogen (secondary N) is 4. The second-order valence-electron chi connectivity index (χ2n) is 16.9. The fraction of sp³-hybridized carbons (Fsp3) is 0.844. The van der Waals surface area contributed by atoms with E-state index >= 15 is 0 Å². The van der Waals surface area contributed by atoms with Gasteiger partial charge >= 0.3 is 11.9 Å². The maximum atomic E-state index is 13.4. The van der Waals surface area contributed by atoms with Crippen LogP contribution in [0.5, 0.6) is 0 Å². The summed E-state index contributed by atoms with van der Waals surface area (Å²) in [7, 11) is 0. The third-order valence-electron chi connectivity index (χ3n) is 9.99. The Kier molecular flexibility index (Phi) is 32.3. The molecule has 4 amide bonds. The molecule has 13 nitrogen and oxygen atoms in total. The summed E-state index contributed by atoms with van der Waals surface area (Å²) in [4.78, 5) is 88.2. The predicted molar refractivity (Wildman–Crippen MR) is 229 cm³/mol. The molecule has 0 aliphatic carbocycles. The van der Waals surface area contributed by atoms with Gasteiger partial charge in [0, 0.05) is 32.2 Å². The van der Waals surface area contributed by atoms with Gasteiger partial charge in [0.05, 0.1) is 0 Å². The summed E-state index contributed by atoms with van der Waals surface area (Å²) in [6.45, 7) is 11.2. The van der Waals surface area contributed by atoms with E-state index in [1.54, 1.807) is 20.8 Å². The van der Waals surface area contributed by atoms with Crippen LogP contribution in [-0.4, -0.2) is 76.7 Å². The van der Waals surface area contributed by atoms with E-state index in [0.29, 0.717) is 25.7 Å². The highest BCUT2D eigenvalue weighted by molar-refractivity contribution is 5.91.